The van der Waals surface area contributed by atoms with Crippen LogP contribution in [0.15, 0.2) is 0 Å². The minimum atomic E-state index is 0.402. The highest BCUT2D eigenvalue weighted by atomic mass is 15.2. The standard InChI is InChI=1S/C14H30N2/c1-6-14(8-7-9-15-14)11-16(13(4)5)10-12(2)3/h12-13,15H,6-11H2,1-5H3. The second-order valence-corrected chi connectivity index (χ2v) is 6.08. The first-order valence-corrected chi connectivity index (χ1v) is 6.98. The van der Waals surface area contributed by atoms with Gasteiger partial charge < -0.3 is 5.32 Å². The number of nitrogens with one attached hydrogen (secondary N) is 1. The van der Waals surface area contributed by atoms with Gasteiger partial charge in [-0.1, -0.05) is 20.8 Å². The van der Waals surface area contributed by atoms with Gasteiger partial charge in [0, 0.05) is 24.7 Å². The molecule has 0 aromatic carbocycles. The Hall–Kier alpha value is -0.0800. The molecular weight excluding hydrogens is 196 g/mol. The molecule has 1 N–H and O–H groups in total. The van der Waals surface area contributed by atoms with Crippen LogP contribution >= 0.6 is 0 Å². The fourth-order valence-electron chi connectivity index (χ4n) is 2.73. The van der Waals surface area contributed by atoms with E-state index in [1.54, 1.807) is 0 Å². The van der Waals surface area contributed by atoms with Crippen molar-refractivity contribution in [2.24, 2.45) is 5.92 Å². The summed E-state index contributed by atoms with van der Waals surface area (Å²) >= 11 is 0. The predicted molar refractivity (Wildman–Crippen MR) is 71.8 cm³/mol. The van der Waals surface area contributed by atoms with E-state index in [0.717, 1.165) is 5.92 Å². The molecule has 2 heteroatoms. The summed E-state index contributed by atoms with van der Waals surface area (Å²) in [5, 5.41) is 3.74. The summed E-state index contributed by atoms with van der Waals surface area (Å²) in [6, 6.07) is 0.660. The van der Waals surface area contributed by atoms with E-state index in [2.05, 4.69) is 44.8 Å². The highest BCUT2D eigenvalue weighted by molar-refractivity contribution is 4.95. The van der Waals surface area contributed by atoms with E-state index in [1.165, 1.54) is 38.9 Å². The maximum Gasteiger partial charge on any atom is 0.0306 e. The topological polar surface area (TPSA) is 15.3 Å². The third-order valence-electron chi connectivity index (χ3n) is 3.84. The largest absolute Gasteiger partial charge is 0.310 e. The van der Waals surface area contributed by atoms with Crippen LogP contribution in [0.2, 0.25) is 0 Å². The fourth-order valence-corrected chi connectivity index (χ4v) is 2.73. The smallest absolute Gasteiger partial charge is 0.0306 e. The van der Waals surface area contributed by atoms with Gasteiger partial charge in [-0.2, -0.15) is 0 Å². The Morgan fingerprint density at radius 3 is 2.31 bits per heavy atom. The molecule has 1 rings (SSSR count). The fraction of sp³-hybridized carbons (Fsp3) is 1.00. The quantitative estimate of drug-likeness (QED) is 0.749. The van der Waals surface area contributed by atoms with Crippen molar-refractivity contribution in [3.05, 3.63) is 0 Å². The number of rotatable bonds is 6. The van der Waals surface area contributed by atoms with E-state index in [-0.39, 0.29) is 0 Å². The molecule has 0 radical (unpaired) electrons. The van der Waals surface area contributed by atoms with Crippen LogP contribution in [0.4, 0.5) is 0 Å². The summed E-state index contributed by atoms with van der Waals surface area (Å²) in [4.78, 5) is 2.65. The third-order valence-corrected chi connectivity index (χ3v) is 3.84. The van der Waals surface area contributed by atoms with Crippen molar-refractivity contribution in [2.75, 3.05) is 19.6 Å². The van der Waals surface area contributed by atoms with Crippen LogP contribution in [0.25, 0.3) is 0 Å². The molecule has 1 saturated heterocycles. The second-order valence-electron chi connectivity index (χ2n) is 6.08. The van der Waals surface area contributed by atoms with Crippen molar-refractivity contribution in [2.45, 2.75) is 65.5 Å². The zero-order valence-corrected chi connectivity index (χ0v) is 11.8. The minimum Gasteiger partial charge on any atom is -0.310 e. The lowest BCUT2D eigenvalue weighted by Gasteiger charge is -2.38. The van der Waals surface area contributed by atoms with Gasteiger partial charge in [-0.05, 0) is 45.6 Å². The monoisotopic (exact) mass is 226 g/mol. The maximum atomic E-state index is 3.74. The molecule has 96 valence electrons. The molecule has 1 unspecified atom stereocenters. The Kier molecular flexibility index (Phi) is 5.26. The zero-order valence-electron chi connectivity index (χ0n) is 11.8. The molecule has 0 aliphatic carbocycles. The lowest BCUT2D eigenvalue weighted by atomic mass is 9.92. The van der Waals surface area contributed by atoms with Crippen LogP contribution in [0.1, 0.15) is 53.9 Å². The summed E-state index contributed by atoms with van der Waals surface area (Å²) in [5.41, 5.74) is 0.402. The Balaban J connectivity index is 2.58. The Labute approximate surface area is 102 Å². The molecule has 0 aromatic rings. The van der Waals surface area contributed by atoms with E-state index in [1.807, 2.05) is 0 Å². The first-order chi connectivity index (χ1) is 7.49. The van der Waals surface area contributed by atoms with Crippen LogP contribution < -0.4 is 5.32 Å². The van der Waals surface area contributed by atoms with Crippen molar-refractivity contribution in [1.82, 2.24) is 10.2 Å². The van der Waals surface area contributed by atoms with Crippen LogP contribution in [0.5, 0.6) is 0 Å². The van der Waals surface area contributed by atoms with Crippen molar-refractivity contribution in [3.8, 4) is 0 Å². The molecule has 0 bridgehead atoms. The van der Waals surface area contributed by atoms with Crippen molar-refractivity contribution < 1.29 is 0 Å². The van der Waals surface area contributed by atoms with Gasteiger partial charge in [0.25, 0.3) is 0 Å². The minimum absolute atomic E-state index is 0.402. The molecule has 1 aliphatic heterocycles. The highest BCUT2D eigenvalue weighted by Crippen LogP contribution is 2.25. The SMILES string of the molecule is CCC1(CN(CC(C)C)C(C)C)CCCN1. The molecule has 0 aromatic heterocycles. The summed E-state index contributed by atoms with van der Waals surface area (Å²) in [6.07, 6.45) is 3.96. The molecular formula is C14H30N2. The molecule has 1 aliphatic rings. The zero-order chi connectivity index (χ0) is 12.2. The van der Waals surface area contributed by atoms with E-state index < -0.39 is 0 Å². The van der Waals surface area contributed by atoms with Crippen LogP contribution in [0, 0.1) is 5.92 Å². The van der Waals surface area contributed by atoms with E-state index >= 15 is 0 Å². The average Bonchev–Trinajstić information content (AvgIpc) is 2.65. The number of hydrogen-bond acceptors (Lipinski definition) is 2. The third kappa shape index (κ3) is 3.74. The summed E-state index contributed by atoms with van der Waals surface area (Å²) in [7, 11) is 0. The van der Waals surface area contributed by atoms with Gasteiger partial charge in [-0.15, -0.1) is 0 Å². The van der Waals surface area contributed by atoms with Gasteiger partial charge in [-0.3, -0.25) is 4.90 Å². The van der Waals surface area contributed by atoms with Gasteiger partial charge in [0.1, 0.15) is 0 Å². The highest BCUT2D eigenvalue weighted by Gasteiger charge is 2.33. The van der Waals surface area contributed by atoms with Gasteiger partial charge in [0.05, 0.1) is 0 Å². The van der Waals surface area contributed by atoms with Gasteiger partial charge >= 0.3 is 0 Å². The number of hydrogen-bond donors (Lipinski definition) is 1. The molecule has 0 spiro atoms. The van der Waals surface area contributed by atoms with Gasteiger partial charge in [0.2, 0.25) is 0 Å². The lowest BCUT2D eigenvalue weighted by Crippen LogP contribution is -2.52. The van der Waals surface area contributed by atoms with Crippen molar-refractivity contribution in [1.29, 1.82) is 0 Å². The molecule has 0 amide bonds. The Bertz CT molecular complexity index is 193. The first kappa shape index (κ1) is 14.0. The summed E-state index contributed by atoms with van der Waals surface area (Å²) < 4.78 is 0. The molecule has 1 heterocycles. The van der Waals surface area contributed by atoms with Gasteiger partial charge in [-0.25, -0.2) is 0 Å². The summed E-state index contributed by atoms with van der Waals surface area (Å²) in [6.45, 7) is 15.3. The molecule has 2 nitrogen and oxygen atoms in total. The molecule has 16 heavy (non-hydrogen) atoms. The Morgan fingerprint density at radius 2 is 1.94 bits per heavy atom. The molecule has 0 saturated carbocycles. The molecule has 1 fully saturated rings. The van der Waals surface area contributed by atoms with E-state index in [0.29, 0.717) is 11.6 Å². The lowest BCUT2D eigenvalue weighted by molar-refractivity contribution is 0.139. The maximum absolute atomic E-state index is 3.74. The van der Waals surface area contributed by atoms with Crippen LogP contribution in [-0.4, -0.2) is 36.1 Å². The second kappa shape index (κ2) is 6.02. The summed E-state index contributed by atoms with van der Waals surface area (Å²) in [5.74, 6) is 0.762. The Morgan fingerprint density at radius 1 is 1.25 bits per heavy atom. The number of nitrogens with zero attached hydrogens (tertiary/aromatic N) is 1. The van der Waals surface area contributed by atoms with Crippen LogP contribution in [-0.2, 0) is 0 Å². The average molecular weight is 226 g/mol. The van der Waals surface area contributed by atoms with Crippen LogP contribution in [0.3, 0.4) is 0 Å². The van der Waals surface area contributed by atoms with Crippen molar-refractivity contribution >= 4 is 0 Å². The van der Waals surface area contributed by atoms with Crippen molar-refractivity contribution in [3.63, 3.8) is 0 Å². The van der Waals surface area contributed by atoms with Gasteiger partial charge in [0.15, 0.2) is 0 Å². The predicted octanol–water partition coefficient (Wildman–Crippen LogP) is 2.89. The van der Waals surface area contributed by atoms with E-state index in [9.17, 15) is 0 Å². The van der Waals surface area contributed by atoms with E-state index in [4.69, 9.17) is 0 Å². The normalized spacial score (nSPS) is 26.2. The first-order valence-electron chi connectivity index (χ1n) is 6.98. The molecule has 1 atom stereocenters.